The number of para-hydroxylation sites is 1. The number of pyridine rings is 1. The SMILES string of the molecule is O=C(O)c1cncc(NC(=O)c2cccc3cc[nH]c23)c1. The van der Waals surface area contributed by atoms with Gasteiger partial charge in [0.1, 0.15) is 0 Å². The van der Waals surface area contributed by atoms with Gasteiger partial charge in [0.05, 0.1) is 28.5 Å². The van der Waals surface area contributed by atoms with Crippen LogP contribution >= 0.6 is 0 Å². The quantitative estimate of drug-likeness (QED) is 0.687. The molecule has 0 unspecified atom stereocenters. The van der Waals surface area contributed by atoms with Crippen LogP contribution < -0.4 is 5.32 Å². The number of carboxylic acids is 1. The molecule has 0 saturated carbocycles. The minimum absolute atomic E-state index is 0.0193. The van der Waals surface area contributed by atoms with Gasteiger partial charge in [0, 0.05) is 17.8 Å². The molecule has 0 aliphatic rings. The van der Waals surface area contributed by atoms with E-state index in [2.05, 4.69) is 15.3 Å². The Labute approximate surface area is 119 Å². The first kappa shape index (κ1) is 12.9. The van der Waals surface area contributed by atoms with Crippen LogP contribution in [-0.2, 0) is 0 Å². The predicted molar refractivity (Wildman–Crippen MR) is 77.4 cm³/mol. The number of aromatic nitrogens is 2. The lowest BCUT2D eigenvalue weighted by Gasteiger charge is -2.06. The standard InChI is InChI=1S/C15H11N3O3/c19-14(12-3-1-2-9-4-5-17-13(9)12)18-11-6-10(15(20)21)7-16-8-11/h1-8,17H,(H,18,19)(H,20,21). The van der Waals surface area contributed by atoms with E-state index < -0.39 is 5.97 Å². The molecule has 0 saturated heterocycles. The summed E-state index contributed by atoms with van der Waals surface area (Å²) < 4.78 is 0. The third-order valence-corrected chi connectivity index (χ3v) is 3.07. The maximum absolute atomic E-state index is 12.3. The second kappa shape index (κ2) is 5.09. The number of hydrogen-bond acceptors (Lipinski definition) is 3. The fraction of sp³-hybridized carbons (Fsp3) is 0. The van der Waals surface area contributed by atoms with E-state index in [1.165, 1.54) is 18.5 Å². The molecule has 6 nitrogen and oxygen atoms in total. The first-order valence-corrected chi connectivity index (χ1v) is 6.21. The number of hydrogen-bond donors (Lipinski definition) is 3. The number of nitrogens with one attached hydrogen (secondary N) is 2. The monoisotopic (exact) mass is 281 g/mol. The maximum atomic E-state index is 12.3. The van der Waals surface area contributed by atoms with Gasteiger partial charge in [-0.25, -0.2) is 4.79 Å². The van der Waals surface area contributed by atoms with Crippen LogP contribution in [0.15, 0.2) is 48.9 Å². The zero-order valence-electron chi connectivity index (χ0n) is 10.8. The molecule has 3 rings (SSSR count). The van der Waals surface area contributed by atoms with E-state index in [1.54, 1.807) is 18.3 Å². The minimum Gasteiger partial charge on any atom is -0.478 e. The van der Waals surface area contributed by atoms with Crippen molar-refractivity contribution in [1.82, 2.24) is 9.97 Å². The summed E-state index contributed by atoms with van der Waals surface area (Å²) in [4.78, 5) is 30.0. The first-order valence-electron chi connectivity index (χ1n) is 6.21. The molecule has 21 heavy (non-hydrogen) atoms. The van der Waals surface area contributed by atoms with Crippen molar-refractivity contribution in [3.05, 3.63) is 60.0 Å². The Kier molecular flexibility index (Phi) is 3.12. The molecule has 0 radical (unpaired) electrons. The van der Waals surface area contributed by atoms with Gasteiger partial charge in [-0.2, -0.15) is 0 Å². The summed E-state index contributed by atoms with van der Waals surface area (Å²) in [7, 11) is 0. The van der Waals surface area contributed by atoms with Crippen LogP contribution in [0.25, 0.3) is 10.9 Å². The fourth-order valence-electron chi connectivity index (χ4n) is 2.10. The molecule has 0 spiro atoms. The van der Waals surface area contributed by atoms with Crippen molar-refractivity contribution in [2.75, 3.05) is 5.32 Å². The van der Waals surface area contributed by atoms with Gasteiger partial charge in [0.15, 0.2) is 0 Å². The van der Waals surface area contributed by atoms with E-state index in [0.29, 0.717) is 11.3 Å². The topological polar surface area (TPSA) is 95.1 Å². The average molecular weight is 281 g/mol. The van der Waals surface area contributed by atoms with Crippen LogP contribution in [0.2, 0.25) is 0 Å². The van der Waals surface area contributed by atoms with Crippen molar-refractivity contribution >= 4 is 28.5 Å². The molecule has 104 valence electrons. The number of rotatable bonds is 3. The van der Waals surface area contributed by atoms with E-state index in [1.807, 2.05) is 12.1 Å². The highest BCUT2D eigenvalue weighted by Gasteiger charge is 2.12. The smallest absolute Gasteiger partial charge is 0.337 e. The lowest BCUT2D eigenvalue weighted by Crippen LogP contribution is -2.13. The number of H-pyrrole nitrogens is 1. The van der Waals surface area contributed by atoms with Crippen LogP contribution in [-0.4, -0.2) is 27.0 Å². The van der Waals surface area contributed by atoms with Crippen molar-refractivity contribution in [2.24, 2.45) is 0 Å². The third-order valence-electron chi connectivity index (χ3n) is 3.07. The number of fused-ring (bicyclic) bond motifs is 1. The summed E-state index contributed by atoms with van der Waals surface area (Å²) in [6, 6.07) is 8.62. The second-order valence-electron chi connectivity index (χ2n) is 4.47. The lowest BCUT2D eigenvalue weighted by molar-refractivity contribution is 0.0696. The van der Waals surface area contributed by atoms with Gasteiger partial charge in [-0.15, -0.1) is 0 Å². The number of carbonyl (C=O) groups is 2. The number of anilines is 1. The summed E-state index contributed by atoms with van der Waals surface area (Å²) in [5, 5.41) is 12.5. The summed E-state index contributed by atoms with van der Waals surface area (Å²) >= 11 is 0. The Balaban J connectivity index is 1.91. The van der Waals surface area contributed by atoms with E-state index in [0.717, 1.165) is 10.9 Å². The van der Waals surface area contributed by atoms with Crippen LogP contribution in [0.4, 0.5) is 5.69 Å². The number of aromatic carboxylic acids is 1. The Morgan fingerprint density at radius 1 is 1.19 bits per heavy atom. The maximum Gasteiger partial charge on any atom is 0.337 e. The highest BCUT2D eigenvalue weighted by atomic mass is 16.4. The van der Waals surface area contributed by atoms with Crippen molar-refractivity contribution < 1.29 is 14.7 Å². The molecule has 0 fully saturated rings. The molecule has 0 aliphatic heterocycles. The van der Waals surface area contributed by atoms with E-state index in [4.69, 9.17) is 5.11 Å². The van der Waals surface area contributed by atoms with E-state index in [-0.39, 0.29) is 11.5 Å². The average Bonchev–Trinajstić information content (AvgIpc) is 2.95. The van der Waals surface area contributed by atoms with Gasteiger partial charge in [-0.3, -0.25) is 9.78 Å². The van der Waals surface area contributed by atoms with Crippen molar-refractivity contribution in [3.63, 3.8) is 0 Å². The van der Waals surface area contributed by atoms with Gasteiger partial charge >= 0.3 is 5.97 Å². The van der Waals surface area contributed by atoms with Crippen LogP contribution in [0, 0.1) is 0 Å². The summed E-state index contributed by atoms with van der Waals surface area (Å²) in [6.45, 7) is 0. The van der Waals surface area contributed by atoms with Crippen molar-refractivity contribution in [1.29, 1.82) is 0 Å². The number of carboxylic acid groups (broad SMARTS) is 1. The predicted octanol–water partition coefficient (Wildman–Crippen LogP) is 2.51. The Bertz CT molecular complexity index is 839. The third kappa shape index (κ3) is 2.46. The number of aromatic amines is 1. The molecular weight excluding hydrogens is 270 g/mol. The normalized spacial score (nSPS) is 10.5. The van der Waals surface area contributed by atoms with Crippen molar-refractivity contribution in [3.8, 4) is 0 Å². The molecule has 1 aromatic carbocycles. The Morgan fingerprint density at radius 3 is 2.86 bits per heavy atom. The highest BCUT2D eigenvalue weighted by Crippen LogP contribution is 2.18. The molecule has 2 heterocycles. The number of amides is 1. The largest absolute Gasteiger partial charge is 0.478 e. The summed E-state index contributed by atoms with van der Waals surface area (Å²) in [5.41, 5.74) is 1.57. The summed E-state index contributed by atoms with van der Waals surface area (Å²) in [5.74, 6) is -1.42. The Hall–Kier alpha value is -3.15. The van der Waals surface area contributed by atoms with Gasteiger partial charge in [0.25, 0.3) is 5.91 Å². The van der Waals surface area contributed by atoms with E-state index >= 15 is 0 Å². The van der Waals surface area contributed by atoms with E-state index in [9.17, 15) is 9.59 Å². The first-order chi connectivity index (χ1) is 10.1. The molecule has 0 bridgehead atoms. The Morgan fingerprint density at radius 2 is 2.05 bits per heavy atom. The van der Waals surface area contributed by atoms with Gasteiger partial charge in [-0.05, 0) is 18.2 Å². The molecule has 0 aliphatic carbocycles. The van der Waals surface area contributed by atoms with Gasteiger partial charge in [0.2, 0.25) is 0 Å². The highest BCUT2D eigenvalue weighted by molar-refractivity contribution is 6.12. The number of benzene rings is 1. The zero-order valence-corrected chi connectivity index (χ0v) is 10.8. The molecule has 2 aromatic heterocycles. The molecule has 6 heteroatoms. The minimum atomic E-state index is -1.09. The lowest BCUT2D eigenvalue weighted by atomic mass is 10.1. The molecular formula is C15H11N3O3. The molecule has 3 aromatic rings. The number of carbonyl (C=O) groups excluding carboxylic acids is 1. The van der Waals surface area contributed by atoms with Crippen LogP contribution in [0.1, 0.15) is 20.7 Å². The van der Waals surface area contributed by atoms with Gasteiger partial charge in [-0.1, -0.05) is 12.1 Å². The van der Waals surface area contributed by atoms with Gasteiger partial charge < -0.3 is 15.4 Å². The van der Waals surface area contributed by atoms with Crippen LogP contribution in [0.5, 0.6) is 0 Å². The molecule has 3 N–H and O–H groups in total. The second-order valence-corrected chi connectivity index (χ2v) is 4.47. The zero-order chi connectivity index (χ0) is 14.8. The fourth-order valence-corrected chi connectivity index (χ4v) is 2.10. The summed E-state index contributed by atoms with van der Waals surface area (Å²) in [6.07, 6.45) is 4.39. The van der Waals surface area contributed by atoms with Crippen LogP contribution in [0.3, 0.4) is 0 Å². The molecule has 0 atom stereocenters. The van der Waals surface area contributed by atoms with Crippen molar-refractivity contribution in [2.45, 2.75) is 0 Å². The molecule has 1 amide bonds. The number of nitrogens with zero attached hydrogens (tertiary/aromatic N) is 1.